The highest BCUT2D eigenvalue weighted by molar-refractivity contribution is 5.16. The molecule has 2 aliphatic heterocycles. The summed E-state index contributed by atoms with van der Waals surface area (Å²) in [6.45, 7) is 7.08. The van der Waals surface area contributed by atoms with Crippen LogP contribution in [0, 0.1) is 0 Å². The Morgan fingerprint density at radius 3 is 2.62 bits per heavy atom. The lowest BCUT2D eigenvalue weighted by molar-refractivity contribution is -0.166. The van der Waals surface area contributed by atoms with Crippen molar-refractivity contribution in [3.8, 4) is 0 Å². The first-order valence-electron chi connectivity index (χ1n) is 7.82. The Hall–Kier alpha value is -0.900. The standard InChI is InChI=1S/C18H26O3/c1-16(2,19-4)18-11-10-17(3,21-18)15(12-18)20-13-14-8-6-5-7-9-14/h5-9,15H,10-13H2,1-4H3. The largest absolute Gasteiger partial charge is 0.376 e. The molecule has 0 aliphatic carbocycles. The van der Waals surface area contributed by atoms with Crippen molar-refractivity contribution in [3.05, 3.63) is 35.9 Å². The minimum absolute atomic E-state index is 0.140. The summed E-state index contributed by atoms with van der Waals surface area (Å²) < 4.78 is 18.4. The van der Waals surface area contributed by atoms with Gasteiger partial charge in [-0.15, -0.1) is 0 Å². The van der Waals surface area contributed by atoms with Gasteiger partial charge >= 0.3 is 0 Å². The average Bonchev–Trinajstić information content (AvgIpc) is 2.99. The second-order valence-electron chi connectivity index (χ2n) is 7.11. The Balaban J connectivity index is 1.71. The van der Waals surface area contributed by atoms with Gasteiger partial charge in [0.25, 0.3) is 0 Å². The maximum absolute atomic E-state index is 6.45. The molecule has 2 bridgehead atoms. The highest BCUT2D eigenvalue weighted by atomic mass is 16.6. The van der Waals surface area contributed by atoms with Crippen LogP contribution < -0.4 is 0 Å². The average molecular weight is 290 g/mol. The third-order valence-electron chi connectivity index (χ3n) is 5.55. The molecule has 0 radical (unpaired) electrons. The summed E-state index contributed by atoms with van der Waals surface area (Å²) in [5.74, 6) is 0. The van der Waals surface area contributed by atoms with Crippen LogP contribution in [0.15, 0.2) is 30.3 Å². The zero-order chi connectivity index (χ0) is 15.1. The van der Waals surface area contributed by atoms with Crippen LogP contribution >= 0.6 is 0 Å². The molecule has 2 saturated heterocycles. The molecule has 2 fully saturated rings. The van der Waals surface area contributed by atoms with Gasteiger partial charge in [-0.1, -0.05) is 30.3 Å². The van der Waals surface area contributed by atoms with Crippen LogP contribution in [0.4, 0.5) is 0 Å². The molecule has 1 aromatic rings. The predicted molar refractivity (Wildman–Crippen MR) is 82.2 cm³/mol. The number of hydrogen-bond donors (Lipinski definition) is 0. The third kappa shape index (κ3) is 2.41. The molecule has 3 atom stereocenters. The molecule has 21 heavy (non-hydrogen) atoms. The van der Waals surface area contributed by atoms with Crippen LogP contribution in [0.2, 0.25) is 0 Å². The molecular weight excluding hydrogens is 264 g/mol. The van der Waals surface area contributed by atoms with Crippen LogP contribution in [0.5, 0.6) is 0 Å². The molecule has 0 N–H and O–H groups in total. The van der Waals surface area contributed by atoms with E-state index in [9.17, 15) is 0 Å². The van der Waals surface area contributed by atoms with Crippen molar-refractivity contribution in [1.29, 1.82) is 0 Å². The fraction of sp³-hybridized carbons (Fsp3) is 0.667. The molecule has 0 amide bonds. The van der Waals surface area contributed by atoms with Crippen LogP contribution in [0.3, 0.4) is 0 Å². The van der Waals surface area contributed by atoms with E-state index in [0.29, 0.717) is 6.61 Å². The molecule has 116 valence electrons. The van der Waals surface area contributed by atoms with Crippen molar-refractivity contribution in [2.24, 2.45) is 0 Å². The SMILES string of the molecule is COC(C)(C)C12CCC(C)(O1)C(OCc1ccccc1)C2. The van der Waals surface area contributed by atoms with Gasteiger partial charge in [0.15, 0.2) is 0 Å². The van der Waals surface area contributed by atoms with Gasteiger partial charge in [-0.25, -0.2) is 0 Å². The normalized spacial score (nSPS) is 35.3. The zero-order valence-corrected chi connectivity index (χ0v) is 13.5. The van der Waals surface area contributed by atoms with E-state index in [4.69, 9.17) is 14.2 Å². The molecule has 2 heterocycles. The van der Waals surface area contributed by atoms with E-state index < -0.39 is 0 Å². The first kappa shape index (κ1) is 15.0. The topological polar surface area (TPSA) is 27.7 Å². The van der Waals surface area contributed by atoms with E-state index in [0.717, 1.165) is 19.3 Å². The van der Waals surface area contributed by atoms with E-state index in [2.05, 4.69) is 32.9 Å². The number of hydrogen-bond acceptors (Lipinski definition) is 3. The van der Waals surface area contributed by atoms with E-state index >= 15 is 0 Å². The quantitative estimate of drug-likeness (QED) is 0.827. The summed E-state index contributed by atoms with van der Waals surface area (Å²) in [6.07, 6.45) is 3.15. The molecule has 2 aliphatic rings. The summed E-state index contributed by atoms with van der Waals surface area (Å²) >= 11 is 0. The molecular formula is C18H26O3. The molecule has 0 saturated carbocycles. The first-order chi connectivity index (χ1) is 9.91. The van der Waals surface area contributed by atoms with Crippen LogP contribution in [-0.4, -0.2) is 30.0 Å². The molecule has 3 heteroatoms. The second-order valence-corrected chi connectivity index (χ2v) is 7.11. The molecule has 3 nitrogen and oxygen atoms in total. The van der Waals surface area contributed by atoms with Crippen molar-refractivity contribution in [2.75, 3.05) is 7.11 Å². The van der Waals surface area contributed by atoms with Gasteiger partial charge in [-0.3, -0.25) is 0 Å². The Labute approximate surface area is 127 Å². The number of rotatable bonds is 5. The Morgan fingerprint density at radius 2 is 1.95 bits per heavy atom. The number of fused-ring (bicyclic) bond motifs is 2. The lowest BCUT2D eigenvalue weighted by atomic mass is 9.73. The van der Waals surface area contributed by atoms with Crippen LogP contribution in [-0.2, 0) is 20.8 Å². The fourth-order valence-electron chi connectivity index (χ4n) is 3.75. The van der Waals surface area contributed by atoms with Gasteiger partial charge in [-0.05, 0) is 39.2 Å². The summed E-state index contributed by atoms with van der Waals surface area (Å²) in [5, 5.41) is 0. The maximum Gasteiger partial charge on any atom is 0.100 e. The van der Waals surface area contributed by atoms with Crippen molar-refractivity contribution in [3.63, 3.8) is 0 Å². The highest BCUT2D eigenvalue weighted by Gasteiger charge is 2.65. The van der Waals surface area contributed by atoms with E-state index in [1.54, 1.807) is 7.11 Å². The molecule has 3 rings (SSSR count). The van der Waals surface area contributed by atoms with Gasteiger partial charge in [0, 0.05) is 13.5 Å². The zero-order valence-electron chi connectivity index (χ0n) is 13.5. The van der Waals surface area contributed by atoms with Crippen LogP contribution in [0.1, 0.15) is 45.6 Å². The molecule has 1 aromatic carbocycles. The number of methoxy groups -OCH3 is 1. The van der Waals surface area contributed by atoms with Gasteiger partial charge < -0.3 is 14.2 Å². The summed E-state index contributed by atoms with van der Waals surface area (Å²) in [4.78, 5) is 0. The summed E-state index contributed by atoms with van der Waals surface area (Å²) in [5.41, 5.74) is 0.543. The first-order valence-corrected chi connectivity index (χ1v) is 7.82. The minimum atomic E-state index is -0.282. The van der Waals surface area contributed by atoms with Crippen LogP contribution in [0.25, 0.3) is 0 Å². The van der Waals surface area contributed by atoms with Crippen molar-refractivity contribution < 1.29 is 14.2 Å². The third-order valence-corrected chi connectivity index (χ3v) is 5.55. The van der Waals surface area contributed by atoms with Gasteiger partial charge in [0.1, 0.15) is 5.60 Å². The summed E-state index contributed by atoms with van der Waals surface area (Å²) in [7, 11) is 1.77. The highest BCUT2D eigenvalue weighted by Crippen LogP contribution is 2.57. The fourth-order valence-corrected chi connectivity index (χ4v) is 3.75. The van der Waals surface area contributed by atoms with Crippen molar-refractivity contribution >= 4 is 0 Å². The van der Waals surface area contributed by atoms with Gasteiger partial charge in [0.2, 0.25) is 0 Å². The van der Waals surface area contributed by atoms with Crippen molar-refractivity contribution in [2.45, 2.75) is 69.5 Å². The van der Waals surface area contributed by atoms with Gasteiger partial charge in [-0.2, -0.15) is 0 Å². The summed E-state index contributed by atoms with van der Waals surface area (Å²) in [6, 6.07) is 10.3. The second kappa shape index (κ2) is 5.08. The Morgan fingerprint density at radius 1 is 1.24 bits per heavy atom. The van der Waals surface area contributed by atoms with E-state index in [1.165, 1.54) is 5.56 Å². The molecule has 0 spiro atoms. The Kier molecular flexibility index (Phi) is 3.63. The number of ether oxygens (including phenoxy) is 3. The van der Waals surface area contributed by atoms with Gasteiger partial charge in [0.05, 0.1) is 23.9 Å². The predicted octanol–water partition coefficient (Wildman–Crippen LogP) is 3.71. The monoisotopic (exact) mass is 290 g/mol. The Bertz CT molecular complexity index is 498. The van der Waals surface area contributed by atoms with Crippen molar-refractivity contribution in [1.82, 2.24) is 0 Å². The van der Waals surface area contributed by atoms with E-state index in [1.807, 2.05) is 18.2 Å². The lowest BCUT2D eigenvalue weighted by Crippen LogP contribution is -2.50. The lowest BCUT2D eigenvalue weighted by Gasteiger charge is -2.40. The molecule has 3 unspecified atom stereocenters. The number of benzene rings is 1. The molecule has 0 aromatic heterocycles. The van der Waals surface area contributed by atoms with E-state index in [-0.39, 0.29) is 22.9 Å². The smallest absolute Gasteiger partial charge is 0.100 e. The maximum atomic E-state index is 6.45. The minimum Gasteiger partial charge on any atom is -0.376 e.